The summed E-state index contributed by atoms with van der Waals surface area (Å²) in [6.45, 7) is 10.4. The summed E-state index contributed by atoms with van der Waals surface area (Å²) in [4.78, 5) is 17.6. The van der Waals surface area contributed by atoms with E-state index in [1.54, 1.807) is 0 Å². The van der Waals surface area contributed by atoms with Crippen LogP contribution in [0.3, 0.4) is 0 Å². The summed E-state index contributed by atoms with van der Waals surface area (Å²) in [6.07, 6.45) is 1.51. The van der Waals surface area contributed by atoms with Crippen LogP contribution in [0.4, 0.5) is 0 Å². The molecule has 30 heavy (non-hydrogen) atoms. The van der Waals surface area contributed by atoms with Gasteiger partial charge >= 0.3 is 0 Å². The molecule has 4 nitrogen and oxygen atoms in total. The molecular weight excluding hydrogens is 372 g/mol. The molecule has 0 spiro atoms. The predicted molar refractivity (Wildman–Crippen MR) is 122 cm³/mol. The SMILES string of the molecule is CCN(C)CCN(CC)CCc1ccc2c(c1)CO/C2=C1/C(=O)Cc2ccccc21. The maximum Gasteiger partial charge on any atom is 0.171 e. The lowest BCUT2D eigenvalue weighted by atomic mass is 9.98. The molecule has 2 aliphatic rings. The highest BCUT2D eigenvalue weighted by atomic mass is 16.5. The number of ether oxygens (including phenoxy) is 1. The Kier molecular flexibility index (Phi) is 6.35. The van der Waals surface area contributed by atoms with Gasteiger partial charge in [0.05, 0.1) is 5.57 Å². The average Bonchev–Trinajstić information content (AvgIpc) is 3.32. The molecule has 158 valence electrons. The highest BCUT2D eigenvalue weighted by molar-refractivity contribution is 6.31. The number of fused-ring (bicyclic) bond motifs is 2. The van der Waals surface area contributed by atoms with Gasteiger partial charge in [-0.2, -0.15) is 0 Å². The van der Waals surface area contributed by atoms with Crippen molar-refractivity contribution in [3.63, 3.8) is 0 Å². The Morgan fingerprint density at radius 3 is 2.57 bits per heavy atom. The second-order valence-electron chi connectivity index (χ2n) is 8.32. The number of carbonyl (C=O) groups excluding carboxylic acids is 1. The van der Waals surface area contributed by atoms with Crippen molar-refractivity contribution in [1.29, 1.82) is 0 Å². The predicted octanol–water partition coefficient (Wildman–Crippen LogP) is 4.03. The van der Waals surface area contributed by atoms with Crippen molar-refractivity contribution in [1.82, 2.24) is 9.80 Å². The van der Waals surface area contributed by atoms with Gasteiger partial charge in [-0.25, -0.2) is 0 Å². The lowest BCUT2D eigenvalue weighted by Crippen LogP contribution is -2.34. The normalized spacial score (nSPS) is 17.6. The van der Waals surface area contributed by atoms with Gasteiger partial charge in [0, 0.05) is 37.2 Å². The monoisotopic (exact) mass is 404 g/mol. The van der Waals surface area contributed by atoms with Gasteiger partial charge in [-0.15, -0.1) is 0 Å². The van der Waals surface area contributed by atoms with E-state index in [0.29, 0.717) is 13.0 Å². The Morgan fingerprint density at radius 2 is 1.77 bits per heavy atom. The molecule has 4 rings (SSSR count). The first-order valence-corrected chi connectivity index (χ1v) is 11.1. The van der Waals surface area contributed by atoms with E-state index in [2.05, 4.69) is 48.9 Å². The van der Waals surface area contributed by atoms with Gasteiger partial charge in [0.15, 0.2) is 5.78 Å². The molecule has 0 aromatic heterocycles. The third-order valence-electron chi connectivity index (χ3n) is 6.43. The van der Waals surface area contributed by atoms with Crippen molar-refractivity contribution in [2.45, 2.75) is 33.3 Å². The first kappa shape index (κ1) is 20.8. The number of hydrogen-bond acceptors (Lipinski definition) is 4. The highest BCUT2D eigenvalue weighted by Gasteiger charge is 2.32. The van der Waals surface area contributed by atoms with Crippen molar-refractivity contribution in [3.8, 4) is 0 Å². The zero-order chi connectivity index (χ0) is 21.1. The molecule has 0 radical (unpaired) electrons. The fourth-order valence-electron chi connectivity index (χ4n) is 4.34. The van der Waals surface area contributed by atoms with E-state index in [9.17, 15) is 4.79 Å². The summed E-state index contributed by atoms with van der Waals surface area (Å²) in [5.41, 5.74) is 6.51. The first-order valence-electron chi connectivity index (χ1n) is 11.1. The van der Waals surface area contributed by atoms with E-state index in [1.165, 1.54) is 11.1 Å². The fourth-order valence-corrected chi connectivity index (χ4v) is 4.34. The molecule has 1 heterocycles. The lowest BCUT2D eigenvalue weighted by Gasteiger charge is -2.23. The van der Waals surface area contributed by atoms with Gasteiger partial charge in [-0.1, -0.05) is 56.3 Å². The number of likely N-dealkylation sites (N-methyl/N-ethyl adjacent to an activating group) is 2. The topological polar surface area (TPSA) is 32.8 Å². The summed E-state index contributed by atoms with van der Waals surface area (Å²) in [5, 5.41) is 0. The maximum atomic E-state index is 12.7. The largest absolute Gasteiger partial charge is 0.487 e. The fraction of sp³-hybridized carbons (Fsp3) is 0.423. The summed E-state index contributed by atoms with van der Waals surface area (Å²) in [7, 11) is 2.17. The number of hydrogen-bond donors (Lipinski definition) is 0. The minimum Gasteiger partial charge on any atom is -0.487 e. The van der Waals surface area contributed by atoms with Crippen LogP contribution in [0.5, 0.6) is 0 Å². The second kappa shape index (κ2) is 9.15. The molecule has 2 aromatic carbocycles. The number of allylic oxidation sites excluding steroid dienone is 1. The van der Waals surface area contributed by atoms with E-state index in [1.807, 2.05) is 24.3 Å². The minimum absolute atomic E-state index is 0.166. The van der Waals surface area contributed by atoms with Crippen LogP contribution in [0.25, 0.3) is 11.3 Å². The second-order valence-corrected chi connectivity index (χ2v) is 8.32. The highest BCUT2D eigenvalue weighted by Crippen LogP contribution is 2.40. The maximum absolute atomic E-state index is 12.7. The van der Waals surface area contributed by atoms with Crippen molar-refractivity contribution in [2.75, 3.05) is 39.8 Å². The number of benzene rings is 2. The quantitative estimate of drug-likeness (QED) is 0.622. The third-order valence-corrected chi connectivity index (χ3v) is 6.43. The van der Waals surface area contributed by atoms with Crippen molar-refractivity contribution >= 4 is 17.1 Å². The number of nitrogens with zero attached hydrogens (tertiary/aromatic N) is 2. The molecule has 0 amide bonds. The van der Waals surface area contributed by atoms with Crippen LogP contribution in [0.1, 0.15) is 41.7 Å². The molecule has 4 heteroatoms. The van der Waals surface area contributed by atoms with E-state index in [0.717, 1.165) is 67.2 Å². The van der Waals surface area contributed by atoms with Crippen molar-refractivity contribution in [2.24, 2.45) is 0 Å². The Balaban J connectivity index is 1.49. The Labute approximate surface area is 180 Å². The summed E-state index contributed by atoms with van der Waals surface area (Å²) >= 11 is 0. The van der Waals surface area contributed by atoms with Crippen molar-refractivity contribution < 1.29 is 9.53 Å². The number of ketones is 1. The van der Waals surface area contributed by atoms with E-state index in [4.69, 9.17) is 4.74 Å². The minimum atomic E-state index is 0.166. The van der Waals surface area contributed by atoms with Crippen LogP contribution in [0, 0.1) is 0 Å². The number of Topliss-reactive ketones (excluding diaryl/α,β-unsaturated/α-hetero) is 1. The molecule has 1 aliphatic heterocycles. The molecule has 0 bridgehead atoms. The van der Waals surface area contributed by atoms with Crippen LogP contribution < -0.4 is 0 Å². The van der Waals surface area contributed by atoms with Crippen LogP contribution in [-0.4, -0.2) is 55.4 Å². The molecule has 0 fully saturated rings. The van der Waals surface area contributed by atoms with Crippen LogP contribution in [0.2, 0.25) is 0 Å². The van der Waals surface area contributed by atoms with Gasteiger partial charge < -0.3 is 14.5 Å². The lowest BCUT2D eigenvalue weighted by molar-refractivity contribution is -0.112. The molecule has 2 aromatic rings. The molecule has 0 saturated heterocycles. The average molecular weight is 405 g/mol. The standard InChI is InChI=1S/C26H32N2O2/c1-4-27(3)14-15-28(5-2)13-12-19-10-11-23-21(16-19)18-30-26(23)25-22-9-7-6-8-20(22)17-24(25)29/h6-11,16H,4-5,12-15,17-18H2,1-3H3/b26-25+. The van der Waals surface area contributed by atoms with E-state index in [-0.39, 0.29) is 5.78 Å². The Morgan fingerprint density at radius 1 is 0.933 bits per heavy atom. The summed E-state index contributed by atoms with van der Waals surface area (Å²) in [6, 6.07) is 14.7. The zero-order valence-electron chi connectivity index (χ0n) is 18.4. The van der Waals surface area contributed by atoms with E-state index < -0.39 is 0 Å². The van der Waals surface area contributed by atoms with Gasteiger partial charge in [0.2, 0.25) is 0 Å². The smallest absolute Gasteiger partial charge is 0.171 e. The Hall–Kier alpha value is -2.43. The third kappa shape index (κ3) is 4.21. The van der Waals surface area contributed by atoms with Crippen molar-refractivity contribution in [3.05, 3.63) is 70.3 Å². The number of carbonyl (C=O) groups is 1. The molecular formula is C26H32N2O2. The van der Waals surface area contributed by atoms with Crippen LogP contribution >= 0.6 is 0 Å². The van der Waals surface area contributed by atoms with Gasteiger partial charge in [0.25, 0.3) is 0 Å². The zero-order valence-corrected chi connectivity index (χ0v) is 18.4. The van der Waals surface area contributed by atoms with Crippen LogP contribution in [0.15, 0.2) is 42.5 Å². The van der Waals surface area contributed by atoms with Gasteiger partial charge in [-0.3, -0.25) is 4.79 Å². The molecule has 0 atom stereocenters. The molecule has 0 unspecified atom stereocenters. The molecule has 1 aliphatic carbocycles. The molecule has 0 N–H and O–H groups in total. The Bertz CT molecular complexity index is 963. The van der Waals surface area contributed by atoms with E-state index >= 15 is 0 Å². The summed E-state index contributed by atoms with van der Waals surface area (Å²) in [5.74, 6) is 0.933. The summed E-state index contributed by atoms with van der Waals surface area (Å²) < 4.78 is 6.06. The van der Waals surface area contributed by atoms with Gasteiger partial charge in [0.1, 0.15) is 12.4 Å². The molecule has 0 saturated carbocycles. The van der Waals surface area contributed by atoms with Crippen LogP contribution in [-0.2, 0) is 29.0 Å². The van der Waals surface area contributed by atoms with Gasteiger partial charge in [-0.05, 0) is 43.2 Å². The first-order chi connectivity index (χ1) is 14.6. The number of rotatable bonds is 8.